The first-order valence-electron chi connectivity index (χ1n) is 13.3. The lowest BCUT2D eigenvalue weighted by molar-refractivity contribution is 0.0516. The summed E-state index contributed by atoms with van der Waals surface area (Å²) in [4.78, 5) is 15.9. The normalized spacial score (nSPS) is 14.2. The van der Waals surface area contributed by atoms with Gasteiger partial charge >= 0.3 is 5.97 Å². The third-order valence-corrected chi connectivity index (χ3v) is 7.21. The van der Waals surface area contributed by atoms with Crippen LogP contribution < -0.4 is 10.2 Å². The maximum Gasteiger partial charge on any atom is 0.355 e. The van der Waals surface area contributed by atoms with E-state index in [1.807, 2.05) is 19.1 Å². The quantitative estimate of drug-likeness (QED) is 0.322. The highest BCUT2D eigenvalue weighted by Gasteiger charge is 2.25. The third kappa shape index (κ3) is 5.14. The van der Waals surface area contributed by atoms with E-state index < -0.39 is 0 Å². The number of esters is 1. The molecular weight excluding hydrogens is 458 g/mol. The molecule has 0 amide bonds. The van der Waals surface area contributed by atoms with Gasteiger partial charge in [0.15, 0.2) is 0 Å². The second kappa shape index (κ2) is 10.4. The van der Waals surface area contributed by atoms with Crippen LogP contribution in [0.3, 0.4) is 0 Å². The van der Waals surface area contributed by atoms with Gasteiger partial charge in [0.05, 0.1) is 6.61 Å². The van der Waals surface area contributed by atoms with Crippen molar-refractivity contribution < 1.29 is 9.53 Å². The van der Waals surface area contributed by atoms with E-state index in [9.17, 15) is 4.79 Å². The Morgan fingerprint density at radius 2 is 1.68 bits per heavy atom. The van der Waals surface area contributed by atoms with Crippen LogP contribution in [0.1, 0.15) is 49.3 Å². The van der Waals surface area contributed by atoms with Crippen molar-refractivity contribution in [2.75, 3.05) is 37.7 Å². The average Bonchev–Trinajstić information content (AvgIpc) is 3.23. The van der Waals surface area contributed by atoms with Crippen LogP contribution in [0.2, 0.25) is 0 Å². The number of ether oxygens (including phenoxy) is 1. The third-order valence-electron chi connectivity index (χ3n) is 7.21. The molecule has 0 aliphatic carbocycles. The molecule has 5 rings (SSSR count). The topological polar surface area (TPSA) is 46.5 Å². The predicted molar refractivity (Wildman–Crippen MR) is 153 cm³/mol. The average molecular weight is 496 g/mol. The van der Waals surface area contributed by atoms with Crippen molar-refractivity contribution in [2.24, 2.45) is 0 Å². The molecule has 37 heavy (non-hydrogen) atoms. The summed E-state index contributed by atoms with van der Waals surface area (Å²) in [7, 11) is 0. The van der Waals surface area contributed by atoms with Gasteiger partial charge in [0.25, 0.3) is 0 Å². The molecule has 0 atom stereocenters. The van der Waals surface area contributed by atoms with Crippen molar-refractivity contribution in [3.63, 3.8) is 0 Å². The number of benzene rings is 3. The van der Waals surface area contributed by atoms with Gasteiger partial charge in [-0.05, 0) is 47.2 Å². The molecule has 1 fully saturated rings. The van der Waals surface area contributed by atoms with E-state index in [4.69, 9.17) is 4.74 Å². The van der Waals surface area contributed by atoms with Gasteiger partial charge in [-0.25, -0.2) is 4.79 Å². The van der Waals surface area contributed by atoms with E-state index in [1.54, 1.807) is 0 Å². The number of anilines is 1. The Morgan fingerprint density at radius 1 is 0.946 bits per heavy atom. The van der Waals surface area contributed by atoms with Crippen LogP contribution in [0, 0.1) is 0 Å². The van der Waals surface area contributed by atoms with Crippen LogP contribution in [0.25, 0.3) is 22.0 Å². The Kier molecular flexibility index (Phi) is 7.07. The van der Waals surface area contributed by atoms with Crippen LogP contribution in [0.4, 0.5) is 5.69 Å². The van der Waals surface area contributed by atoms with Gasteiger partial charge in [0.2, 0.25) is 0 Å². The Hall–Kier alpha value is -3.57. The van der Waals surface area contributed by atoms with Crippen molar-refractivity contribution in [1.29, 1.82) is 0 Å². The number of piperazine rings is 1. The van der Waals surface area contributed by atoms with E-state index in [-0.39, 0.29) is 11.4 Å². The van der Waals surface area contributed by atoms with Gasteiger partial charge in [-0.2, -0.15) is 0 Å². The van der Waals surface area contributed by atoms with Gasteiger partial charge in [-0.15, -0.1) is 0 Å². The van der Waals surface area contributed by atoms with Crippen LogP contribution in [-0.4, -0.2) is 43.3 Å². The molecule has 1 saturated heterocycles. The van der Waals surface area contributed by atoms with Crippen molar-refractivity contribution in [3.8, 4) is 11.1 Å². The molecule has 0 saturated carbocycles. The lowest BCUT2D eigenvalue weighted by atomic mass is 9.86. The second-order valence-corrected chi connectivity index (χ2v) is 10.8. The zero-order valence-electron chi connectivity index (χ0n) is 22.4. The lowest BCUT2D eigenvalue weighted by Crippen LogP contribution is -2.43. The molecule has 4 aromatic rings. The molecule has 0 unspecified atom stereocenters. The molecule has 2 heterocycles. The highest BCUT2D eigenvalue weighted by Crippen LogP contribution is 2.37. The molecule has 3 aromatic carbocycles. The second-order valence-electron chi connectivity index (χ2n) is 10.8. The van der Waals surface area contributed by atoms with Crippen LogP contribution in [0.15, 0.2) is 72.8 Å². The van der Waals surface area contributed by atoms with E-state index in [2.05, 4.69) is 96.2 Å². The zero-order chi connectivity index (χ0) is 26.0. The van der Waals surface area contributed by atoms with Crippen LogP contribution in [0.5, 0.6) is 0 Å². The molecule has 1 aliphatic heterocycles. The fraction of sp³-hybridized carbons (Fsp3) is 0.344. The molecule has 0 radical (unpaired) electrons. The summed E-state index contributed by atoms with van der Waals surface area (Å²) in [5.74, 6) is -0.285. The van der Waals surface area contributed by atoms with Crippen molar-refractivity contribution in [3.05, 3.63) is 89.6 Å². The summed E-state index contributed by atoms with van der Waals surface area (Å²) in [6.45, 7) is 13.4. The van der Waals surface area contributed by atoms with Gasteiger partial charge < -0.3 is 19.5 Å². The first-order chi connectivity index (χ1) is 17.9. The molecule has 192 valence electrons. The van der Waals surface area contributed by atoms with Gasteiger partial charge in [0.1, 0.15) is 5.69 Å². The van der Waals surface area contributed by atoms with Crippen molar-refractivity contribution >= 4 is 22.6 Å². The summed E-state index contributed by atoms with van der Waals surface area (Å²) in [5, 5.41) is 4.49. The van der Waals surface area contributed by atoms with Crippen molar-refractivity contribution in [1.82, 2.24) is 9.88 Å². The number of carbonyl (C=O) groups is 1. The number of nitrogens with zero attached hydrogens (tertiary/aromatic N) is 2. The van der Waals surface area contributed by atoms with E-state index in [0.717, 1.165) is 53.8 Å². The first-order valence-corrected chi connectivity index (χ1v) is 13.3. The number of hydrogen-bond acceptors (Lipinski definition) is 4. The van der Waals surface area contributed by atoms with Gasteiger partial charge in [0, 0.05) is 54.9 Å². The van der Waals surface area contributed by atoms with Crippen LogP contribution in [-0.2, 0) is 16.7 Å². The number of aromatic nitrogens is 1. The summed E-state index contributed by atoms with van der Waals surface area (Å²) < 4.78 is 7.76. The SMILES string of the molecule is CCOC(=O)c1c(-c2ccc(C(C)(C)C)cc2)c2ccccc2n1Cc1cccc(N2CCNCC2)c1. The molecule has 5 heteroatoms. The van der Waals surface area contributed by atoms with E-state index in [1.165, 1.54) is 11.3 Å². The first kappa shape index (κ1) is 25.1. The fourth-order valence-electron chi connectivity index (χ4n) is 5.27. The molecule has 1 aromatic heterocycles. The number of rotatable bonds is 6. The fourth-order valence-corrected chi connectivity index (χ4v) is 5.27. The molecule has 0 bridgehead atoms. The highest BCUT2D eigenvalue weighted by atomic mass is 16.5. The minimum absolute atomic E-state index is 0.0614. The molecule has 5 nitrogen and oxygen atoms in total. The number of para-hydroxylation sites is 1. The molecule has 1 aliphatic rings. The number of fused-ring (bicyclic) bond motifs is 1. The summed E-state index contributed by atoms with van der Waals surface area (Å²) in [6, 6.07) is 25.6. The minimum atomic E-state index is -0.285. The smallest absolute Gasteiger partial charge is 0.355 e. The number of hydrogen-bond donors (Lipinski definition) is 1. The molecule has 0 spiro atoms. The highest BCUT2D eigenvalue weighted by molar-refractivity contribution is 6.08. The summed E-state index contributed by atoms with van der Waals surface area (Å²) in [6.07, 6.45) is 0. The summed E-state index contributed by atoms with van der Waals surface area (Å²) in [5.41, 5.74) is 7.33. The minimum Gasteiger partial charge on any atom is -0.461 e. The Bertz CT molecular complexity index is 1390. The Balaban J connectivity index is 1.63. The number of carbonyl (C=O) groups excluding carboxylic acids is 1. The maximum atomic E-state index is 13.5. The lowest BCUT2D eigenvalue weighted by Gasteiger charge is -2.29. The monoisotopic (exact) mass is 495 g/mol. The zero-order valence-corrected chi connectivity index (χ0v) is 22.4. The predicted octanol–water partition coefficient (Wildman–Crippen LogP) is 6.24. The van der Waals surface area contributed by atoms with E-state index in [0.29, 0.717) is 18.8 Å². The molecule has 1 N–H and O–H groups in total. The van der Waals surface area contributed by atoms with Gasteiger partial charge in [-0.3, -0.25) is 0 Å². The Morgan fingerprint density at radius 3 is 2.38 bits per heavy atom. The Labute approximate surface area is 220 Å². The summed E-state index contributed by atoms with van der Waals surface area (Å²) >= 11 is 0. The maximum absolute atomic E-state index is 13.5. The standard InChI is InChI=1S/C32H37N3O2/c1-5-37-31(36)30-29(24-13-15-25(16-14-24)32(2,3)4)27-11-6-7-12-28(27)35(30)22-23-9-8-10-26(21-23)34-19-17-33-18-20-34/h6-16,21,33H,5,17-20,22H2,1-4H3. The molecular formula is C32H37N3O2. The van der Waals surface area contributed by atoms with Gasteiger partial charge in [-0.1, -0.05) is 75.4 Å². The van der Waals surface area contributed by atoms with E-state index >= 15 is 0 Å². The largest absolute Gasteiger partial charge is 0.461 e. The van der Waals surface area contributed by atoms with Crippen LogP contribution >= 0.6 is 0 Å². The van der Waals surface area contributed by atoms with Crippen molar-refractivity contribution in [2.45, 2.75) is 39.7 Å². The number of nitrogens with one attached hydrogen (secondary N) is 1.